The minimum atomic E-state index is -1.52. The van der Waals surface area contributed by atoms with Gasteiger partial charge in [-0.25, -0.2) is 23.7 Å². The number of ketones is 1. The van der Waals surface area contributed by atoms with Crippen LogP contribution < -0.4 is 10.5 Å². The van der Waals surface area contributed by atoms with E-state index >= 15 is 0 Å². The highest BCUT2D eigenvalue weighted by Crippen LogP contribution is 2.54. The molecule has 0 amide bonds. The van der Waals surface area contributed by atoms with Crippen LogP contribution >= 0.6 is 11.6 Å². The minimum Gasteiger partial charge on any atom is -0.480 e. The van der Waals surface area contributed by atoms with E-state index in [4.69, 9.17) is 26.8 Å². The molecule has 158 valence electrons. The maximum absolute atomic E-state index is 15.0. The Kier molecular flexibility index (Phi) is 5.09. The van der Waals surface area contributed by atoms with E-state index in [9.17, 15) is 13.6 Å². The standard InChI is InChI=1S/C20H19ClF2N4O3/c1-9-18(25-7-16(26-9)29-2)14(28)5-10-3-12(17(23)13(21)4-10)20(8-22)11-6-15(11)30-19(24)27-20/h3-4,7,11,15H,5-6,8H2,1-2H3,(H2,24,27)/t11-,15+,20-/m0/s1. The number of methoxy groups -OCH3 is 1. The molecule has 7 nitrogen and oxygen atoms in total. The first-order valence-corrected chi connectivity index (χ1v) is 9.64. The fraction of sp³-hybridized carbons (Fsp3) is 0.400. The van der Waals surface area contributed by atoms with Crippen LogP contribution in [0.1, 0.15) is 33.7 Å². The quantitative estimate of drug-likeness (QED) is 0.699. The van der Waals surface area contributed by atoms with Crippen LogP contribution in [0.25, 0.3) is 0 Å². The fourth-order valence-corrected chi connectivity index (χ4v) is 4.13. The Bertz CT molecular complexity index is 1060. The third-order valence-electron chi connectivity index (χ3n) is 5.45. The Morgan fingerprint density at radius 1 is 1.47 bits per heavy atom. The summed E-state index contributed by atoms with van der Waals surface area (Å²) in [7, 11) is 1.45. The molecule has 0 saturated heterocycles. The SMILES string of the molecule is COc1cnc(C(=O)Cc2cc(Cl)c(F)c([C@@]3(CF)N=C(N)O[C@@H]4C[C@@H]43)c2)c(C)n1. The van der Waals surface area contributed by atoms with Crippen molar-refractivity contribution in [3.63, 3.8) is 0 Å². The number of aromatic nitrogens is 2. The number of halogens is 3. The van der Waals surface area contributed by atoms with Gasteiger partial charge in [-0.15, -0.1) is 0 Å². The van der Waals surface area contributed by atoms with E-state index < -0.39 is 18.0 Å². The number of fused-ring (bicyclic) bond motifs is 1. The highest BCUT2D eigenvalue weighted by Gasteiger charge is 2.60. The van der Waals surface area contributed by atoms with Crippen LogP contribution in [-0.2, 0) is 16.7 Å². The Morgan fingerprint density at radius 3 is 2.90 bits per heavy atom. The first-order valence-electron chi connectivity index (χ1n) is 9.26. The zero-order valence-electron chi connectivity index (χ0n) is 16.3. The zero-order chi connectivity index (χ0) is 21.6. The monoisotopic (exact) mass is 436 g/mol. The lowest BCUT2D eigenvalue weighted by atomic mass is 9.84. The van der Waals surface area contributed by atoms with Crippen LogP contribution in [-0.4, -0.2) is 41.7 Å². The summed E-state index contributed by atoms with van der Waals surface area (Å²) in [4.78, 5) is 25.1. The van der Waals surface area contributed by atoms with Gasteiger partial charge < -0.3 is 15.2 Å². The largest absolute Gasteiger partial charge is 0.480 e. The number of carbonyl (C=O) groups excluding carboxylic acids is 1. The normalized spacial score (nSPS) is 24.5. The number of nitrogens with two attached hydrogens (primary N) is 1. The Hall–Kier alpha value is -2.81. The van der Waals surface area contributed by atoms with Crippen LogP contribution in [0.2, 0.25) is 5.02 Å². The molecule has 30 heavy (non-hydrogen) atoms. The third kappa shape index (κ3) is 3.36. The maximum atomic E-state index is 15.0. The van der Waals surface area contributed by atoms with Gasteiger partial charge in [0.25, 0.3) is 6.02 Å². The van der Waals surface area contributed by atoms with Crippen molar-refractivity contribution in [2.24, 2.45) is 16.6 Å². The van der Waals surface area contributed by atoms with Gasteiger partial charge in [-0.3, -0.25) is 4.79 Å². The number of amidine groups is 1. The summed E-state index contributed by atoms with van der Waals surface area (Å²) in [5.74, 6) is -1.18. The van der Waals surface area contributed by atoms with E-state index in [1.165, 1.54) is 25.4 Å². The van der Waals surface area contributed by atoms with E-state index in [2.05, 4.69) is 15.0 Å². The number of carbonyl (C=O) groups is 1. The van der Waals surface area contributed by atoms with Crippen LogP contribution in [0, 0.1) is 18.7 Å². The van der Waals surface area contributed by atoms with Gasteiger partial charge in [-0.2, -0.15) is 0 Å². The van der Waals surface area contributed by atoms with Crippen molar-refractivity contribution in [3.05, 3.63) is 51.7 Å². The van der Waals surface area contributed by atoms with Gasteiger partial charge in [0, 0.05) is 17.9 Å². The number of hydrogen-bond acceptors (Lipinski definition) is 7. The first kappa shape index (κ1) is 20.5. The minimum absolute atomic E-state index is 0.0309. The van der Waals surface area contributed by atoms with Crippen LogP contribution in [0.4, 0.5) is 8.78 Å². The topological polar surface area (TPSA) is 99.7 Å². The average molecular weight is 437 g/mol. The molecule has 1 aliphatic carbocycles. The molecule has 10 heteroatoms. The number of Topliss-reactive ketones (excluding diaryl/α,β-unsaturated/α-hetero) is 1. The first-order chi connectivity index (χ1) is 14.3. The molecule has 0 radical (unpaired) electrons. The number of aliphatic imine (C=N–C) groups is 1. The average Bonchev–Trinajstić information content (AvgIpc) is 3.49. The lowest BCUT2D eigenvalue weighted by Crippen LogP contribution is -2.40. The number of hydrogen-bond donors (Lipinski definition) is 1. The predicted molar refractivity (Wildman–Crippen MR) is 105 cm³/mol. The Balaban J connectivity index is 1.71. The second-order valence-electron chi connectivity index (χ2n) is 7.39. The van der Waals surface area contributed by atoms with Gasteiger partial charge >= 0.3 is 0 Å². The fourth-order valence-electron chi connectivity index (χ4n) is 3.89. The summed E-state index contributed by atoms with van der Waals surface area (Å²) < 4.78 is 39.5. The third-order valence-corrected chi connectivity index (χ3v) is 5.72. The number of benzene rings is 1. The summed E-state index contributed by atoms with van der Waals surface area (Å²) in [6.45, 7) is 0.669. The molecule has 2 heterocycles. The van der Waals surface area contributed by atoms with Gasteiger partial charge in [-0.1, -0.05) is 11.6 Å². The summed E-state index contributed by atoms with van der Waals surface area (Å²) in [5, 5.41) is -0.224. The summed E-state index contributed by atoms with van der Waals surface area (Å²) in [6.07, 6.45) is 1.42. The highest BCUT2D eigenvalue weighted by molar-refractivity contribution is 6.31. The van der Waals surface area contributed by atoms with Gasteiger partial charge in [0.2, 0.25) is 5.88 Å². The van der Waals surface area contributed by atoms with Gasteiger partial charge in [-0.05, 0) is 31.0 Å². The lowest BCUT2D eigenvalue weighted by molar-refractivity contribution is 0.0986. The molecule has 1 aromatic carbocycles. The van der Waals surface area contributed by atoms with Crippen molar-refractivity contribution in [3.8, 4) is 5.88 Å². The molecule has 2 aliphatic rings. The van der Waals surface area contributed by atoms with E-state index in [-0.39, 0.29) is 52.4 Å². The van der Waals surface area contributed by atoms with Crippen LogP contribution in [0.5, 0.6) is 5.88 Å². The van der Waals surface area contributed by atoms with Gasteiger partial charge in [0.05, 0.1) is 24.0 Å². The second kappa shape index (κ2) is 7.46. The van der Waals surface area contributed by atoms with E-state index in [0.717, 1.165) is 0 Å². The smallest absolute Gasteiger partial charge is 0.283 e. The summed E-state index contributed by atoms with van der Waals surface area (Å²) >= 11 is 6.09. The molecule has 4 rings (SSSR count). The molecule has 1 fully saturated rings. The van der Waals surface area contributed by atoms with Gasteiger partial charge in [0.15, 0.2) is 5.78 Å². The summed E-state index contributed by atoms with van der Waals surface area (Å²) in [6, 6.07) is 2.57. The molecule has 1 saturated carbocycles. The summed E-state index contributed by atoms with van der Waals surface area (Å²) in [5.41, 5.74) is 5.11. The van der Waals surface area contributed by atoms with Crippen molar-refractivity contribution in [1.82, 2.24) is 9.97 Å². The van der Waals surface area contributed by atoms with Gasteiger partial charge in [0.1, 0.15) is 29.8 Å². The van der Waals surface area contributed by atoms with Crippen LogP contribution in [0.3, 0.4) is 0 Å². The molecule has 0 unspecified atom stereocenters. The highest BCUT2D eigenvalue weighted by atomic mass is 35.5. The molecular weight excluding hydrogens is 418 g/mol. The van der Waals surface area contributed by atoms with E-state index in [0.29, 0.717) is 17.7 Å². The molecule has 0 bridgehead atoms. The molecular formula is C20H19ClF2N4O3. The molecule has 2 aromatic rings. The Morgan fingerprint density at radius 2 is 2.23 bits per heavy atom. The van der Waals surface area contributed by atoms with Crippen LogP contribution in [0.15, 0.2) is 23.3 Å². The number of ether oxygens (including phenoxy) is 2. The van der Waals surface area contributed by atoms with Crippen molar-refractivity contribution in [1.29, 1.82) is 0 Å². The lowest BCUT2D eigenvalue weighted by Gasteiger charge is -2.32. The molecule has 3 atom stereocenters. The zero-order valence-corrected chi connectivity index (χ0v) is 17.0. The number of alkyl halides is 1. The molecule has 1 aliphatic heterocycles. The van der Waals surface area contributed by atoms with Crippen molar-refractivity contribution >= 4 is 23.4 Å². The number of rotatable bonds is 6. The molecule has 2 N–H and O–H groups in total. The van der Waals surface area contributed by atoms with Crippen molar-refractivity contribution < 1.29 is 23.0 Å². The number of nitrogens with zero attached hydrogens (tertiary/aromatic N) is 3. The molecule has 0 spiro atoms. The number of aryl methyl sites for hydroxylation is 1. The van der Waals surface area contributed by atoms with E-state index in [1.807, 2.05) is 0 Å². The molecule has 1 aromatic heterocycles. The van der Waals surface area contributed by atoms with Crippen molar-refractivity contribution in [2.75, 3.05) is 13.8 Å². The predicted octanol–water partition coefficient (Wildman–Crippen LogP) is 2.91. The Labute approximate surface area is 176 Å². The second-order valence-corrected chi connectivity index (χ2v) is 7.80. The van der Waals surface area contributed by atoms with E-state index in [1.54, 1.807) is 6.92 Å². The maximum Gasteiger partial charge on any atom is 0.283 e. The van der Waals surface area contributed by atoms with Crippen molar-refractivity contribution in [2.45, 2.75) is 31.4 Å².